The minimum absolute atomic E-state index is 0.103. The number of sulfonamides is 1. The lowest BCUT2D eigenvalue weighted by Gasteiger charge is -2.31. The molecule has 36 heavy (non-hydrogen) atoms. The van der Waals surface area contributed by atoms with E-state index in [-0.39, 0.29) is 12.3 Å². The monoisotopic (exact) mass is 543 g/mol. The molecule has 1 aliphatic rings. The van der Waals surface area contributed by atoms with Gasteiger partial charge in [-0.1, -0.05) is 11.6 Å². The number of nitrogens with zero attached hydrogens (tertiary/aromatic N) is 3. The van der Waals surface area contributed by atoms with Gasteiger partial charge in [0.15, 0.2) is 0 Å². The highest BCUT2D eigenvalue weighted by Gasteiger charge is 2.39. The lowest BCUT2D eigenvalue weighted by Crippen LogP contribution is -2.33. The van der Waals surface area contributed by atoms with Crippen molar-refractivity contribution in [1.82, 2.24) is 14.1 Å². The second kappa shape index (κ2) is 9.75. The van der Waals surface area contributed by atoms with Crippen LogP contribution in [-0.2, 0) is 34.0 Å². The maximum atomic E-state index is 13.9. The van der Waals surface area contributed by atoms with Crippen LogP contribution in [0.2, 0.25) is 5.02 Å². The molecular weight excluding hydrogens is 523 g/mol. The third-order valence-corrected chi connectivity index (χ3v) is 8.04. The van der Waals surface area contributed by atoms with Gasteiger partial charge in [-0.15, -0.1) is 0 Å². The summed E-state index contributed by atoms with van der Waals surface area (Å²) in [5.41, 5.74) is -0.115. The summed E-state index contributed by atoms with van der Waals surface area (Å²) >= 11 is 5.80. The molecular formula is C23H21ClF3N3O5S. The van der Waals surface area contributed by atoms with Crippen molar-refractivity contribution < 1.29 is 36.2 Å². The number of carbonyl (C=O) groups is 1. The van der Waals surface area contributed by atoms with Crippen molar-refractivity contribution in [3.05, 3.63) is 70.5 Å². The van der Waals surface area contributed by atoms with Crippen LogP contribution in [0.5, 0.6) is 11.5 Å². The summed E-state index contributed by atoms with van der Waals surface area (Å²) in [7, 11) is -3.08. The largest absolute Gasteiger partial charge is 0.480 e. The second-order valence-electron chi connectivity index (χ2n) is 8.24. The zero-order valence-electron chi connectivity index (χ0n) is 18.9. The molecule has 1 heterocycles. The molecule has 1 atom stereocenters. The molecule has 0 aliphatic heterocycles. The Morgan fingerprint density at radius 3 is 2.58 bits per heavy atom. The number of rotatable bonds is 7. The Hall–Kier alpha value is -3.09. The SMILES string of the molecule is CN(C1CCCc2c1cnn2CC(=O)O)S(=O)(=O)c1ccc(Oc2ccc(Cl)cc2)c(C(F)(F)F)c1. The first-order valence-corrected chi connectivity index (χ1v) is 12.6. The fourth-order valence-electron chi connectivity index (χ4n) is 4.18. The second-order valence-corrected chi connectivity index (χ2v) is 10.7. The molecule has 1 aliphatic carbocycles. The average molecular weight is 544 g/mol. The van der Waals surface area contributed by atoms with Crippen molar-refractivity contribution in [2.24, 2.45) is 0 Å². The van der Waals surface area contributed by atoms with E-state index in [1.807, 2.05) is 0 Å². The Morgan fingerprint density at radius 1 is 1.25 bits per heavy atom. The Morgan fingerprint density at radius 2 is 1.94 bits per heavy atom. The quantitative estimate of drug-likeness (QED) is 0.443. The number of carboxylic acids is 1. The van der Waals surface area contributed by atoms with E-state index >= 15 is 0 Å². The highest BCUT2D eigenvalue weighted by atomic mass is 35.5. The van der Waals surface area contributed by atoms with Gasteiger partial charge < -0.3 is 9.84 Å². The smallest absolute Gasteiger partial charge is 0.420 e. The number of hydrogen-bond acceptors (Lipinski definition) is 5. The van der Waals surface area contributed by atoms with E-state index in [0.717, 1.165) is 16.4 Å². The van der Waals surface area contributed by atoms with E-state index < -0.39 is 44.4 Å². The van der Waals surface area contributed by atoms with Gasteiger partial charge in [0.25, 0.3) is 0 Å². The zero-order valence-corrected chi connectivity index (χ0v) is 20.4. The Balaban J connectivity index is 1.68. The highest BCUT2D eigenvalue weighted by Crippen LogP contribution is 2.41. The predicted octanol–water partition coefficient (Wildman–Crippen LogP) is 5.13. The first kappa shape index (κ1) is 26.0. The van der Waals surface area contributed by atoms with Gasteiger partial charge in [0.2, 0.25) is 10.0 Å². The first-order chi connectivity index (χ1) is 16.9. The standard InChI is InChI=1S/C23H21ClF3N3O5S/c1-29(19-3-2-4-20-17(19)12-28-30(20)13-22(31)32)36(33,34)16-9-10-21(18(11-16)23(25,26)27)35-15-7-5-14(24)6-8-15/h5-12,19H,2-4,13H2,1H3,(H,31,32). The minimum atomic E-state index is -4.89. The van der Waals surface area contributed by atoms with Crippen LogP contribution in [0.3, 0.4) is 0 Å². The summed E-state index contributed by atoms with van der Waals surface area (Å²) in [5.74, 6) is -1.54. The third kappa shape index (κ3) is 5.20. The van der Waals surface area contributed by atoms with Crippen LogP contribution >= 0.6 is 11.6 Å². The number of benzene rings is 2. The fraction of sp³-hybridized carbons (Fsp3) is 0.304. The molecule has 4 rings (SSSR count). The number of ether oxygens (including phenoxy) is 1. The van der Waals surface area contributed by atoms with Crippen LogP contribution < -0.4 is 4.74 Å². The maximum Gasteiger partial charge on any atom is 0.420 e. The van der Waals surface area contributed by atoms with Crippen LogP contribution in [0.25, 0.3) is 0 Å². The summed E-state index contributed by atoms with van der Waals surface area (Å²) in [5, 5.41) is 13.5. The molecule has 0 amide bonds. The van der Waals surface area contributed by atoms with E-state index in [1.54, 1.807) is 0 Å². The van der Waals surface area contributed by atoms with Gasteiger partial charge in [-0.2, -0.15) is 22.6 Å². The molecule has 0 radical (unpaired) electrons. The minimum Gasteiger partial charge on any atom is -0.480 e. The number of aliphatic carboxylic acids is 1. The van der Waals surface area contributed by atoms with Crippen LogP contribution in [-0.4, -0.2) is 40.6 Å². The van der Waals surface area contributed by atoms with Crippen molar-refractivity contribution in [3.63, 3.8) is 0 Å². The van der Waals surface area contributed by atoms with Crippen LogP contribution in [0, 0.1) is 0 Å². The van der Waals surface area contributed by atoms with Gasteiger partial charge in [0.1, 0.15) is 18.0 Å². The van der Waals surface area contributed by atoms with Gasteiger partial charge in [0, 0.05) is 23.3 Å². The third-order valence-electron chi connectivity index (χ3n) is 5.93. The summed E-state index contributed by atoms with van der Waals surface area (Å²) in [4.78, 5) is 10.6. The molecule has 0 fully saturated rings. The van der Waals surface area contributed by atoms with Gasteiger partial charge in [-0.3, -0.25) is 9.48 Å². The van der Waals surface area contributed by atoms with Gasteiger partial charge in [-0.25, -0.2) is 8.42 Å². The zero-order chi connectivity index (χ0) is 26.3. The molecule has 192 valence electrons. The molecule has 0 spiro atoms. The average Bonchev–Trinajstić information content (AvgIpc) is 3.21. The Labute approximate surface area is 209 Å². The summed E-state index contributed by atoms with van der Waals surface area (Å²) in [6.45, 7) is -0.372. The topological polar surface area (TPSA) is 102 Å². The molecule has 2 aromatic carbocycles. The summed E-state index contributed by atoms with van der Waals surface area (Å²) in [6.07, 6.45) is -1.99. The molecule has 0 bridgehead atoms. The van der Waals surface area contributed by atoms with Crippen molar-refractivity contribution >= 4 is 27.6 Å². The van der Waals surface area contributed by atoms with Crippen LogP contribution in [0.4, 0.5) is 13.2 Å². The van der Waals surface area contributed by atoms with E-state index in [2.05, 4.69) is 5.10 Å². The molecule has 0 saturated carbocycles. The number of halogens is 4. The molecule has 13 heteroatoms. The normalized spacial score (nSPS) is 16.1. The molecule has 8 nitrogen and oxygen atoms in total. The van der Waals surface area contributed by atoms with E-state index in [0.29, 0.717) is 41.6 Å². The summed E-state index contributed by atoms with van der Waals surface area (Å²) < 4.78 is 76.1. The van der Waals surface area contributed by atoms with Crippen molar-refractivity contribution in [1.29, 1.82) is 0 Å². The number of hydrogen-bond donors (Lipinski definition) is 1. The van der Waals surface area contributed by atoms with E-state index in [9.17, 15) is 26.4 Å². The van der Waals surface area contributed by atoms with E-state index in [4.69, 9.17) is 21.4 Å². The van der Waals surface area contributed by atoms with E-state index in [1.165, 1.54) is 42.2 Å². The van der Waals surface area contributed by atoms with Crippen molar-refractivity contribution in [2.75, 3.05) is 7.05 Å². The number of carboxylic acid groups (broad SMARTS) is 1. The molecule has 1 unspecified atom stereocenters. The Kier molecular flexibility index (Phi) is 7.04. The Bertz CT molecular complexity index is 1390. The molecule has 1 aromatic heterocycles. The number of alkyl halides is 3. The van der Waals surface area contributed by atoms with Gasteiger partial charge in [-0.05, 0) is 61.7 Å². The van der Waals surface area contributed by atoms with Gasteiger partial charge >= 0.3 is 12.1 Å². The maximum absolute atomic E-state index is 13.9. The van der Waals surface area contributed by atoms with Crippen molar-refractivity contribution in [2.45, 2.75) is 42.9 Å². The predicted molar refractivity (Wildman–Crippen MR) is 123 cm³/mol. The fourth-order valence-corrected chi connectivity index (χ4v) is 5.70. The summed E-state index contributed by atoms with van der Waals surface area (Å²) in [6, 6.07) is 7.57. The molecule has 0 saturated heterocycles. The van der Waals surface area contributed by atoms with Crippen LogP contribution in [0.1, 0.15) is 35.7 Å². The number of fused-ring (bicyclic) bond motifs is 1. The van der Waals surface area contributed by atoms with Gasteiger partial charge in [0.05, 0.1) is 22.7 Å². The van der Waals surface area contributed by atoms with Crippen molar-refractivity contribution in [3.8, 4) is 11.5 Å². The van der Waals surface area contributed by atoms with Crippen LogP contribution in [0.15, 0.2) is 53.6 Å². The lowest BCUT2D eigenvalue weighted by molar-refractivity contribution is -0.139. The first-order valence-electron chi connectivity index (χ1n) is 10.8. The number of aromatic nitrogens is 2. The highest BCUT2D eigenvalue weighted by molar-refractivity contribution is 7.89. The molecule has 1 N–H and O–H groups in total. The molecule has 3 aromatic rings. The lowest BCUT2D eigenvalue weighted by atomic mass is 9.93.